The Morgan fingerprint density at radius 2 is 2.10 bits per heavy atom. The van der Waals surface area contributed by atoms with Crippen molar-refractivity contribution in [3.63, 3.8) is 0 Å². The molecule has 1 aliphatic rings. The van der Waals surface area contributed by atoms with E-state index >= 15 is 0 Å². The summed E-state index contributed by atoms with van der Waals surface area (Å²) in [6.07, 6.45) is 1.02. The fourth-order valence-electron chi connectivity index (χ4n) is 2.46. The molecule has 1 aliphatic heterocycles. The number of benzene rings is 1. The molecular weight excluding hydrogens is 290 g/mol. The van der Waals surface area contributed by atoms with Crippen LogP contribution in [-0.4, -0.2) is 40.1 Å². The quantitative estimate of drug-likeness (QED) is 0.893. The normalized spacial score (nSPS) is 16.1. The van der Waals surface area contributed by atoms with Gasteiger partial charge < -0.3 is 15.3 Å². The van der Waals surface area contributed by atoms with Crippen molar-refractivity contribution < 1.29 is 14.7 Å². The average molecular weight is 305 g/mol. The maximum atomic E-state index is 12.2. The molecule has 0 aliphatic carbocycles. The van der Waals surface area contributed by atoms with Gasteiger partial charge in [0.1, 0.15) is 0 Å². The zero-order chi connectivity index (χ0) is 14.8. The van der Waals surface area contributed by atoms with Gasteiger partial charge in [0.05, 0.1) is 21.6 Å². The van der Waals surface area contributed by atoms with Crippen molar-refractivity contribution >= 4 is 39.2 Å². The minimum absolute atomic E-state index is 0.178. The highest BCUT2D eigenvalue weighted by atomic mass is 32.1. The van der Waals surface area contributed by atoms with Crippen molar-refractivity contribution in [1.29, 1.82) is 0 Å². The van der Waals surface area contributed by atoms with Gasteiger partial charge in [0, 0.05) is 18.8 Å². The second-order valence-corrected chi connectivity index (χ2v) is 5.95. The number of amides is 2. The fraction of sp³-hybridized carbons (Fsp3) is 0.357. The van der Waals surface area contributed by atoms with E-state index in [1.54, 1.807) is 10.4 Å². The highest BCUT2D eigenvalue weighted by molar-refractivity contribution is 7.16. The number of aliphatic carboxylic acids is 1. The number of aromatic nitrogens is 1. The van der Waals surface area contributed by atoms with Crippen LogP contribution in [0.5, 0.6) is 0 Å². The molecule has 2 heterocycles. The van der Waals surface area contributed by atoms with Crippen LogP contribution in [0.2, 0.25) is 0 Å². The molecule has 0 radical (unpaired) electrons. The number of hydrogen-bond acceptors (Lipinski definition) is 4. The minimum Gasteiger partial charge on any atom is -0.481 e. The number of carboxylic acid groups (broad SMARTS) is 1. The molecule has 21 heavy (non-hydrogen) atoms. The molecule has 0 spiro atoms. The molecule has 2 amide bonds. The Balaban J connectivity index is 1.62. The van der Waals surface area contributed by atoms with E-state index in [9.17, 15) is 9.59 Å². The Kier molecular flexibility index (Phi) is 3.74. The Hall–Kier alpha value is -2.15. The summed E-state index contributed by atoms with van der Waals surface area (Å²) in [5.74, 6) is -1.10. The molecule has 1 aromatic heterocycles. The van der Waals surface area contributed by atoms with Crippen molar-refractivity contribution in [2.75, 3.05) is 18.4 Å². The zero-order valence-electron chi connectivity index (χ0n) is 11.3. The summed E-state index contributed by atoms with van der Waals surface area (Å²) < 4.78 is 1.03. The summed E-state index contributed by atoms with van der Waals surface area (Å²) in [5, 5.41) is 11.8. The topological polar surface area (TPSA) is 82.5 Å². The molecular formula is C14H15N3O3S. The number of anilines is 1. The van der Waals surface area contributed by atoms with Gasteiger partial charge in [-0.2, -0.15) is 0 Å². The van der Waals surface area contributed by atoms with Crippen molar-refractivity contribution in [1.82, 2.24) is 9.88 Å². The summed E-state index contributed by atoms with van der Waals surface area (Å²) in [5.41, 5.74) is 3.42. The van der Waals surface area contributed by atoms with E-state index in [1.165, 1.54) is 11.3 Å². The number of nitrogens with one attached hydrogen (secondary N) is 1. The van der Waals surface area contributed by atoms with Crippen LogP contribution in [0.3, 0.4) is 0 Å². The van der Waals surface area contributed by atoms with Gasteiger partial charge in [0.2, 0.25) is 0 Å². The number of nitrogens with zero attached hydrogens (tertiary/aromatic N) is 2. The van der Waals surface area contributed by atoms with Gasteiger partial charge in [-0.15, -0.1) is 11.3 Å². The van der Waals surface area contributed by atoms with E-state index in [0.29, 0.717) is 25.9 Å². The van der Waals surface area contributed by atoms with Crippen LogP contribution >= 0.6 is 11.3 Å². The molecule has 3 rings (SSSR count). The van der Waals surface area contributed by atoms with E-state index in [1.807, 2.05) is 18.2 Å². The Bertz CT molecular complexity index is 677. The number of rotatable bonds is 2. The molecule has 0 atom stereocenters. The first-order valence-electron chi connectivity index (χ1n) is 6.75. The van der Waals surface area contributed by atoms with Gasteiger partial charge in [0.25, 0.3) is 0 Å². The van der Waals surface area contributed by atoms with E-state index < -0.39 is 5.97 Å². The SMILES string of the molecule is O=C(O)C1CCN(C(=O)Nc2ccc3ncsc3c2)CC1. The predicted octanol–water partition coefficient (Wildman–Crippen LogP) is 2.62. The largest absolute Gasteiger partial charge is 0.481 e. The molecule has 6 nitrogen and oxygen atoms in total. The van der Waals surface area contributed by atoms with Gasteiger partial charge in [-0.05, 0) is 31.0 Å². The van der Waals surface area contributed by atoms with Crippen LogP contribution < -0.4 is 5.32 Å². The number of hydrogen-bond donors (Lipinski definition) is 2. The highest BCUT2D eigenvalue weighted by Crippen LogP contribution is 2.23. The van der Waals surface area contributed by atoms with Crippen molar-refractivity contribution in [3.05, 3.63) is 23.7 Å². The number of carbonyl (C=O) groups excluding carboxylic acids is 1. The van der Waals surface area contributed by atoms with Gasteiger partial charge in [-0.25, -0.2) is 9.78 Å². The van der Waals surface area contributed by atoms with E-state index in [0.717, 1.165) is 15.9 Å². The van der Waals surface area contributed by atoms with Crippen LogP contribution in [0.15, 0.2) is 23.7 Å². The second-order valence-electron chi connectivity index (χ2n) is 5.06. The molecule has 1 fully saturated rings. The predicted molar refractivity (Wildman–Crippen MR) is 80.6 cm³/mol. The number of carboxylic acids is 1. The summed E-state index contributed by atoms with van der Waals surface area (Å²) in [7, 11) is 0. The number of urea groups is 1. The van der Waals surface area contributed by atoms with Crippen LogP contribution in [0.4, 0.5) is 10.5 Å². The number of fused-ring (bicyclic) bond motifs is 1. The monoisotopic (exact) mass is 305 g/mol. The van der Waals surface area contributed by atoms with Crippen molar-refractivity contribution in [3.8, 4) is 0 Å². The number of thiazole rings is 1. The van der Waals surface area contributed by atoms with E-state index in [-0.39, 0.29) is 11.9 Å². The Morgan fingerprint density at radius 1 is 1.33 bits per heavy atom. The summed E-state index contributed by atoms with van der Waals surface area (Å²) in [6, 6.07) is 5.42. The number of likely N-dealkylation sites (tertiary alicyclic amines) is 1. The lowest BCUT2D eigenvalue weighted by Crippen LogP contribution is -2.42. The molecule has 7 heteroatoms. The Labute approximate surface area is 125 Å². The lowest BCUT2D eigenvalue weighted by Gasteiger charge is -2.30. The van der Waals surface area contributed by atoms with Crippen LogP contribution in [0.1, 0.15) is 12.8 Å². The second kappa shape index (κ2) is 5.69. The third-order valence-corrected chi connectivity index (χ3v) is 4.51. The maximum Gasteiger partial charge on any atom is 0.321 e. The molecule has 2 aromatic rings. The smallest absolute Gasteiger partial charge is 0.321 e. The molecule has 1 saturated heterocycles. The molecule has 110 valence electrons. The molecule has 0 unspecified atom stereocenters. The lowest BCUT2D eigenvalue weighted by atomic mass is 9.97. The minimum atomic E-state index is -0.772. The molecule has 0 saturated carbocycles. The van der Waals surface area contributed by atoms with Crippen LogP contribution in [-0.2, 0) is 4.79 Å². The summed E-state index contributed by atoms with van der Waals surface area (Å²) >= 11 is 1.53. The van der Waals surface area contributed by atoms with E-state index in [2.05, 4.69) is 10.3 Å². The van der Waals surface area contributed by atoms with Gasteiger partial charge in [-0.1, -0.05) is 0 Å². The Morgan fingerprint density at radius 3 is 2.81 bits per heavy atom. The summed E-state index contributed by atoms with van der Waals surface area (Å²) in [6.45, 7) is 0.956. The van der Waals surface area contributed by atoms with Crippen LogP contribution in [0.25, 0.3) is 10.2 Å². The zero-order valence-corrected chi connectivity index (χ0v) is 12.1. The molecule has 2 N–H and O–H groups in total. The first-order valence-corrected chi connectivity index (χ1v) is 7.63. The third kappa shape index (κ3) is 2.97. The number of piperidine rings is 1. The van der Waals surface area contributed by atoms with Gasteiger partial charge in [0.15, 0.2) is 0 Å². The lowest BCUT2D eigenvalue weighted by molar-refractivity contribution is -0.143. The van der Waals surface area contributed by atoms with Gasteiger partial charge >= 0.3 is 12.0 Å². The first-order chi connectivity index (χ1) is 10.1. The highest BCUT2D eigenvalue weighted by Gasteiger charge is 2.26. The average Bonchev–Trinajstić information content (AvgIpc) is 2.95. The molecule has 0 bridgehead atoms. The van der Waals surface area contributed by atoms with Crippen molar-refractivity contribution in [2.24, 2.45) is 5.92 Å². The maximum absolute atomic E-state index is 12.2. The first kappa shape index (κ1) is 13.8. The van der Waals surface area contributed by atoms with Crippen molar-refractivity contribution in [2.45, 2.75) is 12.8 Å². The molecule has 1 aromatic carbocycles. The third-order valence-electron chi connectivity index (χ3n) is 3.71. The summed E-state index contributed by atoms with van der Waals surface area (Å²) in [4.78, 5) is 28.9. The standard InChI is InChI=1S/C14H15N3O3S/c18-13(19)9-3-5-17(6-4-9)14(20)16-10-1-2-11-12(7-10)21-8-15-11/h1-2,7-9H,3-6H2,(H,16,20)(H,18,19). The van der Waals surface area contributed by atoms with Gasteiger partial charge in [-0.3, -0.25) is 4.79 Å². The van der Waals surface area contributed by atoms with E-state index in [4.69, 9.17) is 5.11 Å². The fourth-order valence-corrected chi connectivity index (χ4v) is 3.18. The van der Waals surface area contributed by atoms with Crippen LogP contribution in [0, 0.1) is 5.92 Å². The number of carbonyl (C=O) groups is 2.